The van der Waals surface area contributed by atoms with E-state index in [1.165, 1.54) is 24.0 Å². The Bertz CT molecular complexity index is 466. The minimum atomic E-state index is 0.165. The number of rotatable bonds is 5. The number of hydrogen-bond donors (Lipinski definition) is 0. The molecule has 0 radical (unpaired) electrons. The van der Waals surface area contributed by atoms with Crippen LogP contribution < -0.4 is 0 Å². The first-order valence-corrected chi connectivity index (χ1v) is 7.96. The van der Waals surface area contributed by atoms with E-state index in [0.29, 0.717) is 6.61 Å². The van der Waals surface area contributed by atoms with E-state index in [0.717, 1.165) is 38.6 Å². The first-order valence-electron chi connectivity index (χ1n) is 7.96. The molecule has 1 spiro atoms. The zero-order valence-corrected chi connectivity index (χ0v) is 13.2. The van der Waals surface area contributed by atoms with Crippen LogP contribution in [0.15, 0.2) is 18.5 Å². The van der Waals surface area contributed by atoms with E-state index in [1.807, 2.05) is 12.4 Å². The highest BCUT2D eigenvalue weighted by atomic mass is 16.5. The second kappa shape index (κ2) is 6.42. The summed E-state index contributed by atoms with van der Waals surface area (Å²) in [5.74, 6) is 0.753. The Morgan fingerprint density at radius 2 is 2.29 bits per heavy atom. The average molecular weight is 290 g/mol. The number of ether oxygens (including phenoxy) is 2. The molecule has 1 aromatic heterocycles. The summed E-state index contributed by atoms with van der Waals surface area (Å²) in [5.41, 5.74) is 2.52. The third kappa shape index (κ3) is 3.82. The molecular weight excluding hydrogens is 264 g/mol. The highest BCUT2D eigenvalue weighted by Crippen LogP contribution is 2.37. The standard InChI is InChI=1S/C17H26N2O2/c1-14-7-16(10-18-9-14)11-20-5-3-15-4-6-21-17(8-15)12-19(2)13-17/h7,9-10,15H,3-6,8,11-13H2,1-2H3/t15-/m0/s1. The van der Waals surface area contributed by atoms with Crippen LogP contribution in [0.1, 0.15) is 30.4 Å². The molecule has 21 heavy (non-hydrogen) atoms. The van der Waals surface area contributed by atoms with Crippen molar-refractivity contribution in [3.05, 3.63) is 29.6 Å². The van der Waals surface area contributed by atoms with Crippen molar-refractivity contribution in [2.45, 2.75) is 38.4 Å². The van der Waals surface area contributed by atoms with Gasteiger partial charge in [-0.1, -0.05) is 6.07 Å². The van der Waals surface area contributed by atoms with Gasteiger partial charge in [-0.05, 0) is 50.3 Å². The van der Waals surface area contributed by atoms with Crippen molar-refractivity contribution in [3.63, 3.8) is 0 Å². The summed E-state index contributed by atoms with van der Waals surface area (Å²) in [6.07, 6.45) is 7.29. The highest BCUT2D eigenvalue weighted by Gasteiger charge is 2.45. The monoisotopic (exact) mass is 290 g/mol. The summed E-state index contributed by atoms with van der Waals surface area (Å²) in [5, 5.41) is 0. The molecule has 0 bridgehead atoms. The maximum absolute atomic E-state index is 6.00. The average Bonchev–Trinajstić information content (AvgIpc) is 2.43. The Balaban J connectivity index is 1.37. The molecule has 0 saturated carbocycles. The van der Waals surface area contributed by atoms with Crippen molar-refractivity contribution in [1.29, 1.82) is 0 Å². The van der Waals surface area contributed by atoms with Gasteiger partial charge in [-0.3, -0.25) is 4.98 Å². The van der Waals surface area contributed by atoms with Gasteiger partial charge in [-0.15, -0.1) is 0 Å². The summed E-state index contributed by atoms with van der Waals surface area (Å²) < 4.78 is 11.8. The van der Waals surface area contributed by atoms with Gasteiger partial charge in [0, 0.05) is 38.7 Å². The molecule has 4 nitrogen and oxygen atoms in total. The third-order valence-electron chi connectivity index (χ3n) is 4.58. The van der Waals surface area contributed by atoms with Gasteiger partial charge in [-0.2, -0.15) is 0 Å². The molecule has 2 saturated heterocycles. The summed E-state index contributed by atoms with van der Waals surface area (Å²) in [4.78, 5) is 6.53. The first-order chi connectivity index (χ1) is 10.2. The second-order valence-electron chi connectivity index (χ2n) is 6.77. The fourth-order valence-electron chi connectivity index (χ4n) is 3.67. The molecule has 1 aromatic rings. The van der Waals surface area contributed by atoms with E-state index in [2.05, 4.69) is 29.9 Å². The van der Waals surface area contributed by atoms with Crippen molar-refractivity contribution in [1.82, 2.24) is 9.88 Å². The van der Waals surface area contributed by atoms with Crippen molar-refractivity contribution >= 4 is 0 Å². The number of aromatic nitrogens is 1. The van der Waals surface area contributed by atoms with Crippen LogP contribution in [0.25, 0.3) is 0 Å². The molecule has 0 aliphatic carbocycles. The Morgan fingerprint density at radius 3 is 3.05 bits per heavy atom. The fourth-order valence-corrected chi connectivity index (χ4v) is 3.67. The minimum absolute atomic E-state index is 0.165. The molecule has 1 atom stereocenters. The normalized spacial score (nSPS) is 25.0. The Hall–Kier alpha value is -0.970. The van der Waals surface area contributed by atoms with Gasteiger partial charge < -0.3 is 14.4 Å². The molecule has 3 rings (SSSR count). The van der Waals surface area contributed by atoms with Crippen LogP contribution >= 0.6 is 0 Å². The fraction of sp³-hybridized carbons (Fsp3) is 0.706. The van der Waals surface area contributed by atoms with Gasteiger partial charge in [0.1, 0.15) is 0 Å². The predicted molar refractivity (Wildman–Crippen MR) is 82.2 cm³/mol. The lowest BCUT2D eigenvalue weighted by atomic mass is 9.79. The SMILES string of the molecule is Cc1cncc(COCC[C@H]2CCOC3(C2)CN(C)C3)c1. The van der Waals surface area contributed by atoms with Crippen molar-refractivity contribution < 1.29 is 9.47 Å². The molecule has 4 heteroatoms. The lowest BCUT2D eigenvalue weighted by Crippen LogP contribution is -2.63. The van der Waals surface area contributed by atoms with Crippen LogP contribution in [-0.2, 0) is 16.1 Å². The number of pyridine rings is 1. The molecule has 2 aliphatic rings. The van der Waals surface area contributed by atoms with Gasteiger partial charge in [0.2, 0.25) is 0 Å². The Morgan fingerprint density at radius 1 is 1.43 bits per heavy atom. The lowest BCUT2D eigenvalue weighted by molar-refractivity contribution is -0.173. The van der Waals surface area contributed by atoms with Crippen molar-refractivity contribution in [2.75, 3.05) is 33.4 Å². The molecule has 2 aliphatic heterocycles. The highest BCUT2D eigenvalue weighted by molar-refractivity contribution is 5.15. The largest absolute Gasteiger partial charge is 0.377 e. The number of hydrogen-bond acceptors (Lipinski definition) is 4. The number of nitrogens with zero attached hydrogens (tertiary/aromatic N) is 2. The lowest BCUT2D eigenvalue weighted by Gasteiger charge is -2.52. The number of aryl methyl sites for hydroxylation is 1. The van der Waals surface area contributed by atoms with Gasteiger partial charge >= 0.3 is 0 Å². The maximum atomic E-state index is 6.00. The molecule has 3 heterocycles. The van der Waals surface area contributed by atoms with Crippen LogP contribution in [0.2, 0.25) is 0 Å². The molecule has 0 N–H and O–H groups in total. The number of likely N-dealkylation sites (N-methyl/N-ethyl adjacent to an activating group) is 1. The smallest absolute Gasteiger partial charge is 0.0937 e. The van der Waals surface area contributed by atoms with E-state index in [-0.39, 0.29) is 5.60 Å². The molecule has 2 fully saturated rings. The Kier molecular flexibility index (Phi) is 4.57. The zero-order valence-electron chi connectivity index (χ0n) is 13.2. The van der Waals surface area contributed by atoms with Gasteiger partial charge in [0.25, 0.3) is 0 Å². The van der Waals surface area contributed by atoms with E-state index >= 15 is 0 Å². The second-order valence-corrected chi connectivity index (χ2v) is 6.77. The number of likely N-dealkylation sites (tertiary alicyclic amines) is 1. The first kappa shape index (κ1) is 14.9. The minimum Gasteiger partial charge on any atom is -0.377 e. The summed E-state index contributed by atoms with van der Waals surface area (Å²) in [6, 6.07) is 2.14. The molecule has 0 unspecified atom stereocenters. The predicted octanol–water partition coefficient (Wildman–Crippen LogP) is 2.41. The maximum Gasteiger partial charge on any atom is 0.0937 e. The molecule has 0 amide bonds. The van der Waals surface area contributed by atoms with E-state index in [1.54, 1.807) is 0 Å². The van der Waals surface area contributed by atoms with Crippen LogP contribution in [0, 0.1) is 12.8 Å². The van der Waals surface area contributed by atoms with Crippen LogP contribution in [-0.4, -0.2) is 48.8 Å². The summed E-state index contributed by atoms with van der Waals surface area (Å²) in [7, 11) is 2.16. The molecular formula is C17H26N2O2. The van der Waals surface area contributed by atoms with Crippen LogP contribution in [0.3, 0.4) is 0 Å². The summed E-state index contributed by atoms with van der Waals surface area (Å²) in [6.45, 7) is 6.68. The van der Waals surface area contributed by atoms with Gasteiger partial charge in [-0.25, -0.2) is 0 Å². The topological polar surface area (TPSA) is 34.6 Å². The van der Waals surface area contributed by atoms with E-state index in [9.17, 15) is 0 Å². The molecule has 116 valence electrons. The van der Waals surface area contributed by atoms with E-state index < -0.39 is 0 Å². The van der Waals surface area contributed by atoms with E-state index in [4.69, 9.17) is 9.47 Å². The third-order valence-corrected chi connectivity index (χ3v) is 4.58. The molecule has 0 aromatic carbocycles. The van der Waals surface area contributed by atoms with Crippen molar-refractivity contribution in [2.24, 2.45) is 5.92 Å². The van der Waals surface area contributed by atoms with Crippen LogP contribution in [0.5, 0.6) is 0 Å². The van der Waals surface area contributed by atoms with Gasteiger partial charge in [0.05, 0.1) is 12.2 Å². The van der Waals surface area contributed by atoms with Crippen LogP contribution in [0.4, 0.5) is 0 Å². The van der Waals surface area contributed by atoms with Gasteiger partial charge in [0.15, 0.2) is 0 Å². The quantitative estimate of drug-likeness (QED) is 0.780. The van der Waals surface area contributed by atoms with Crippen molar-refractivity contribution in [3.8, 4) is 0 Å². The zero-order chi connectivity index (χ0) is 14.7. The summed E-state index contributed by atoms with van der Waals surface area (Å²) >= 11 is 0. The Labute approximate surface area is 127 Å².